The Hall–Kier alpha value is -1.02. The molecule has 2 heteroatoms. The molecule has 1 heterocycles. The predicted octanol–water partition coefficient (Wildman–Crippen LogP) is 2.95. The molecule has 2 nitrogen and oxygen atoms in total. The first-order valence-electron chi connectivity index (χ1n) is 5.86. The lowest BCUT2D eigenvalue weighted by atomic mass is 9.83. The number of ether oxygens (including phenoxy) is 1. The topological polar surface area (TPSA) is 31.2 Å². The molecule has 1 aromatic carbocycles. The van der Waals surface area contributed by atoms with Gasteiger partial charge >= 0.3 is 0 Å². The van der Waals surface area contributed by atoms with Crippen molar-refractivity contribution >= 4 is 0 Å². The molecule has 1 aliphatic rings. The molecule has 0 bridgehead atoms. The van der Waals surface area contributed by atoms with Crippen LogP contribution in [0.1, 0.15) is 43.5 Å². The van der Waals surface area contributed by atoms with Gasteiger partial charge in [-0.3, -0.25) is 0 Å². The van der Waals surface area contributed by atoms with Crippen molar-refractivity contribution in [3.8, 4) is 5.75 Å². The maximum absolute atomic E-state index is 5.62. The fraction of sp³-hybridized carbons (Fsp3) is 0.571. The number of aryl methyl sites for hydroxylation is 1. The van der Waals surface area contributed by atoms with E-state index in [2.05, 4.69) is 45.1 Å². The van der Waals surface area contributed by atoms with Crippen LogP contribution in [0.5, 0.6) is 5.75 Å². The Balaban J connectivity index is 2.58. The van der Waals surface area contributed by atoms with Crippen LogP contribution in [-0.4, -0.2) is 13.7 Å². The highest BCUT2D eigenvalue weighted by molar-refractivity contribution is 5.50. The van der Waals surface area contributed by atoms with Crippen LogP contribution in [0.4, 0.5) is 0 Å². The normalized spacial score (nSPS) is 19.7. The lowest BCUT2D eigenvalue weighted by Crippen LogP contribution is -2.14. The maximum atomic E-state index is 5.62. The van der Waals surface area contributed by atoms with Gasteiger partial charge in [0.05, 0.1) is 7.11 Å². The summed E-state index contributed by atoms with van der Waals surface area (Å²) in [6.45, 7) is 9.92. The molecule has 1 fully saturated rings. The van der Waals surface area contributed by atoms with Crippen molar-refractivity contribution in [1.29, 1.82) is 0 Å². The van der Waals surface area contributed by atoms with E-state index in [0.29, 0.717) is 6.04 Å². The highest BCUT2D eigenvalue weighted by Crippen LogP contribution is 2.39. The molecular weight excluding hydrogens is 198 g/mol. The number of rotatable bonds is 2. The Bertz CT molecular complexity index is 400. The Morgan fingerprint density at radius 1 is 1.31 bits per heavy atom. The van der Waals surface area contributed by atoms with Crippen LogP contribution in [0.15, 0.2) is 12.1 Å². The molecule has 0 amide bonds. The Labute approximate surface area is 98.0 Å². The fourth-order valence-electron chi connectivity index (χ4n) is 2.12. The summed E-state index contributed by atoms with van der Waals surface area (Å²) < 4.78 is 5.62. The highest BCUT2D eigenvalue weighted by Gasteiger charge is 2.30. The first-order valence-corrected chi connectivity index (χ1v) is 5.86. The first-order chi connectivity index (χ1) is 7.43. The van der Waals surface area contributed by atoms with Gasteiger partial charge in [0.2, 0.25) is 0 Å². The molecule has 0 aliphatic carbocycles. The summed E-state index contributed by atoms with van der Waals surface area (Å²) >= 11 is 0. The van der Waals surface area contributed by atoms with Crippen molar-refractivity contribution < 1.29 is 4.74 Å². The second-order valence-electron chi connectivity index (χ2n) is 5.65. The third-order valence-electron chi connectivity index (χ3n) is 3.06. The highest BCUT2D eigenvalue weighted by atomic mass is 16.5. The van der Waals surface area contributed by atoms with Gasteiger partial charge in [-0.05, 0) is 12.3 Å². The standard InChI is InChI=1S/C14H21NO/c1-9-6-10(12-8-15-12)13(16-5)11(7-9)14(2,3)4/h6-7,12,15H,8H2,1-5H3. The van der Waals surface area contributed by atoms with Crippen LogP contribution in [0, 0.1) is 6.92 Å². The van der Waals surface area contributed by atoms with Gasteiger partial charge in [0.25, 0.3) is 0 Å². The zero-order valence-electron chi connectivity index (χ0n) is 10.8. The average molecular weight is 219 g/mol. The third kappa shape index (κ3) is 2.07. The van der Waals surface area contributed by atoms with E-state index < -0.39 is 0 Å². The first kappa shape index (κ1) is 11.5. The minimum atomic E-state index is 0.126. The molecule has 2 rings (SSSR count). The number of benzene rings is 1. The average Bonchev–Trinajstić information content (AvgIpc) is 2.98. The van der Waals surface area contributed by atoms with Gasteiger partial charge < -0.3 is 10.1 Å². The van der Waals surface area contributed by atoms with Crippen LogP contribution in [0.25, 0.3) is 0 Å². The molecule has 0 spiro atoms. The van der Waals surface area contributed by atoms with Crippen LogP contribution in [0.3, 0.4) is 0 Å². The monoisotopic (exact) mass is 219 g/mol. The second kappa shape index (κ2) is 3.77. The van der Waals surface area contributed by atoms with E-state index in [9.17, 15) is 0 Å². The van der Waals surface area contributed by atoms with E-state index in [0.717, 1.165) is 12.3 Å². The summed E-state index contributed by atoms with van der Waals surface area (Å²) in [6.07, 6.45) is 0. The Morgan fingerprint density at radius 3 is 2.38 bits per heavy atom. The van der Waals surface area contributed by atoms with Crippen LogP contribution >= 0.6 is 0 Å². The molecule has 1 atom stereocenters. The van der Waals surface area contributed by atoms with Crippen molar-refractivity contribution in [2.75, 3.05) is 13.7 Å². The summed E-state index contributed by atoms with van der Waals surface area (Å²) in [6, 6.07) is 4.97. The molecule has 1 aromatic rings. The molecule has 1 unspecified atom stereocenters. The van der Waals surface area contributed by atoms with E-state index in [1.807, 2.05) is 0 Å². The van der Waals surface area contributed by atoms with Gasteiger partial charge in [0.1, 0.15) is 5.75 Å². The molecule has 0 radical (unpaired) electrons. The minimum Gasteiger partial charge on any atom is -0.496 e. The van der Waals surface area contributed by atoms with Crippen molar-refractivity contribution in [3.05, 3.63) is 28.8 Å². The van der Waals surface area contributed by atoms with Gasteiger partial charge in [-0.2, -0.15) is 0 Å². The number of methoxy groups -OCH3 is 1. The van der Waals surface area contributed by atoms with Gasteiger partial charge in [-0.15, -0.1) is 0 Å². The molecule has 88 valence electrons. The molecule has 1 N–H and O–H groups in total. The zero-order chi connectivity index (χ0) is 11.9. The van der Waals surface area contributed by atoms with Crippen molar-refractivity contribution in [2.24, 2.45) is 0 Å². The van der Waals surface area contributed by atoms with Crippen LogP contribution < -0.4 is 10.1 Å². The van der Waals surface area contributed by atoms with Crippen LogP contribution in [0.2, 0.25) is 0 Å². The minimum absolute atomic E-state index is 0.126. The van der Waals surface area contributed by atoms with Gasteiger partial charge in [0, 0.05) is 23.7 Å². The smallest absolute Gasteiger partial charge is 0.127 e. The zero-order valence-corrected chi connectivity index (χ0v) is 10.8. The summed E-state index contributed by atoms with van der Waals surface area (Å²) in [4.78, 5) is 0. The van der Waals surface area contributed by atoms with Crippen molar-refractivity contribution in [3.63, 3.8) is 0 Å². The molecule has 0 aromatic heterocycles. The van der Waals surface area contributed by atoms with Crippen molar-refractivity contribution in [1.82, 2.24) is 5.32 Å². The fourth-order valence-corrected chi connectivity index (χ4v) is 2.12. The summed E-state index contributed by atoms with van der Waals surface area (Å²) in [5, 5.41) is 3.35. The number of hydrogen-bond donors (Lipinski definition) is 1. The summed E-state index contributed by atoms with van der Waals surface area (Å²) in [5.41, 5.74) is 4.06. The SMILES string of the molecule is COc1c(C2CN2)cc(C)cc1C(C)(C)C. The lowest BCUT2D eigenvalue weighted by Gasteiger charge is -2.24. The second-order valence-corrected chi connectivity index (χ2v) is 5.65. The third-order valence-corrected chi connectivity index (χ3v) is 3.06. The van der Waals surface area contributed by atoms with E-state index in [-0.39, 0.29) is 5.41 Å². The van der Waals surface area contributed by atoms with Gasteiger partial charge in [-0.25, -0.2) is 0 Å². The Morgan fingerprint density at radius 2 is 1.94 bits per heavy atom. The largest absolute Gasteiger partial charge is 0.496 e. The molecule has 1 saturated heterocycles. The van der Waals surface area contributed by atoms with E-state index in [1.54, 1.807) is 7.11 Å². The molecule has 1 aliphatic heterocycles. The Kier molecular flexibility index (Phi) is 2.70. The number of hydrogen-bond acceptors (Lipinski definition) is 2. The summed E-state index contributed by atoms with van der Waals surface area (Å²) in [5.74, 6) is 1.06. The van der Waals surface area contributed by atoms with Gasteiger partial charge in [0.15, 0.2) is 0 Å². The predicted molar refractivity (Wildman–Crippen MR) is 67.2 cm³/mol. The molecule has 0 saturated carbocycles. The van der Waals surface area contributed by atoms with E-state index in [4.69, 9.17) is 4.74 Å². The molecule has 16 heavy (non-hydrogen) atoms. The van der Waals surface area contributed by atoms with E-state index in [1.165, 1.54) is 16.7 Å². The number of nitrogens with one attached hydrogen (secondary N) is 1. The van der Waals surface area contributed by atoms with Gasteiger partial charge in [-0.1, -0.05) is 38.5 Å². The maximum Gasteiger partial charge on any atom is 0.127 e. The molecular formula is C14H21NO. The summed E-state index contributed by atoms with van der Waals surface area (Å²) in [7, 11) is 1.77. The van der Waals surface area contributed by atoms with Crippen molar-refractivity contribution in [2.45, 2.75) is 39.2 Å². The lowest BCUT2D eigenvalue weighted by molar-refractivity contribution is 0.392. The van der Waals surface area contributed by atoms with Crippen LogP contribution in [-0.2, 0) is 5.41 Å². The quantitative estimate of drug-likeness (QED) is 0.775. The van der Waals surface area contributed by atoms with E-state index >= 15 is 0 Å².